The van der Waals surface area contributed by atoms with E-state index in [0.717, 1.165) is 51.0 Å². The molecule has 27 heavy (non-hydrogen) atoms. The Morgan fingerprint density at radius 2 is 1.78 bits per heavy atom. The fraction of sp³-hybridized carbons (Fsp3) is 0.600. The Bertz CT molecular complexity index is 644. The van der Waals surface area contributed by atoms with Crippen molar-refractivity contribution >= 4 is 30.0 Å². The zero-order valence-electron chi connectivity index (χ0n) is 16.1. The molecule has 2 aliphatic heterocycles. The number of likely N-dealkylation sites (tertiary alicyclic amines) is 1. The van der Waals surface area contributed by atoms with E-state index < -0.39 is 5.97 Å². The second-order valence-corrected chi connectivity index (χ2v) is 7.56. The lowest BCUT2D eigenvalue weighted by Gasteiger charge is -2.43. The maximum Gasteiger partial charge on any atom is 0.317 e. The first-order chi connectivity index (χ1) is 12.5. The number of rotatable bonds is 5. The first-order valence-electron chi connectivity index (χ1n) is 9.50. The van der Waals surface area contributed by atoms with Crippen LogP contribution < -0.4 is 4.90 Å². The van der Waals surface area contributed by atoms with Crippen molar-refractivity contribution in [2.45, 2.75) is 44.7 Å². The van der Waals surface area contributed by atoms with Crippen LogP contribution in [0.1, 0.15) is 31.2 Å². The fourth-order valence-corrected chi connectivity index (χ4v) is 4.16. The third-order valence-electron chi connectivity index (χ3n) is 5.70. The van der Waals surface area contributed by atoms with Crippen LogP contribution >= 0.6 is 12.4 Å². The first-order valence-corrected chi connectivity index (χ1v) is 9.50. The number of likely N-dealkylation sites (N-methyl/N-ethyl adjacent to an activating group) is 1. The molecule has 150 valence electrons. The summed E-state index contributed by atoms with van der Waals surface area (Å²) in [6.45, 7) is 4.63. The summed E-state index contributed by atoms with van der Waals surface area (Å²) in [6, 6.07) is 8.40. The number of hydrogen-bond acceptors (Lipinski definition) is 4. The number of carboxylic acid groups (broad SMARTS) is 1. The maximum absolute atomic E-state index is 13.1. The highest BCUT2D eigenvalue weighted by atomic mass is 35.5. The number of carbonyl (C=O) groups is 2. The Kier molecular flexibility index (Phi) is 7.65. The highest BCUT2D eigenvalue weighted by Gasteiger charge is 2.36. The van der Waals surface area contributed by atoms with Gasteiger partial charge in [-0.25, -0.2) is 0 Å². The standard InChI is InChI=1S/C20H29N3O3.ClH/c1-15-5-7-17(8-6-15)23-11-3-4-18(20(23)26)22-12-9-16(10-13-22)21(2)14-19(24)25;/h5-8,16,18H,3-4,9-14H2,1-2H3,(H,24,25);1H. The van der Waals surface area contributed by atoms with Gasteiger partial charge in [-0.15, -0.1) is 12.4 Å². The van der Waals surface area contributed by atoms with E-state index in [0.29, 0.717) is 0 Å². The molecule has 0 aliphatic carbocycles. The number of carboxylic acids is 1. The van der Waals surface area contributed by atoms with E-state index in [9.17, 15) is 9.59 Å². The third-order valence-corrected chi connectivity index (χ3v) is 5.70. The van der Waals surface area contributed by atoms with Gasteiger partial charge >= 0.3 is 5.97 Å². The number of piperidine rings is 2. The van der Waals surface area contributed by atoms with Gasteiger partial charge in [0.05, 0.1) is 12.6 Å². The van der Waals surface area contributed by atoms with Crippen LogP contribution in [0.3, 0.4) is 0 Å². The molecule has 1 unspecified atom stereocenters. The zero-order chi connectivity index (χ0) is 18.7. The Balaban J connectivity index is 0.00000261. The summed E-state index contributed by atoms with van der Waals surface area (Å²) in [5.74, 6) is -0.580. The quantitative estimate of drug-likeness (QED) is 0.829. The van der Waals surface area contributed by atoms with Crippen molar-refractivity contribution in [3.63, 3.8) is 0 Å². The van der Waals surface area contributed by atoms with Crippen molar-refractivity contribution in [3.8, 4) is 0 Å². The molecule has 1 aromatic carbocycles. The second kappa shape index (κ2) is 9.53. The van der Waals surface area contributed by atoms with Gasteiger partial charge in [-0.3, -0.25) is 19.4 Å². The summed E-state index contributed by atoms with van der Waals surface area (Å²) < 4.78 is 0. The molecule has 2 saturated heterocycles. The van der Waals surface area contributed by atoms with Crippen molar-refractivity contribution < 1.29 is 14.7 Å². The molecule has 1 N–H and O–H groups in total. The Morgan fingerprint density at radius 3 is 2.37 bits per heavy atom. The van der Waals surface area contributed by atoms with Crippen LogP contribution in [-0.4, -0.2) is 72.1 Å². The van der Waals surface area contributed by atoms with Crippen molar-refractivity contribution in [1.29, 1.82) is 0 Å². The van der Waals surface area contributed by atoms with Crippen LogP contribution in [-0.2, 0) is 9.59 Å². The van der Waals surface area contributed by atoms with E-state index in [1.165, 1.54) is 5.56 Å². The van der Waals surface area contributed by atoms with Gasteiger partial charge in [-0.05, 0) is 51.8 Å². The molecule has 3 rings (SSSR count). The Morgan fingerprint density at radius 1 is 1.15 bits per heavy atom. The van der Waals surface area contributed by atoms with Crippen LogP contribution in [0.15, 0.2) is 24.3 Å². The first kappa shape index (κ1) is 21.7. The lowest BCUT2D eigenvalue weighted by Crippen LogP contribution is -2.56. The maximum atomic E-state index is 13.1. The minimum absolute atomic E-state index is 0. The van der Waals surface area contributed by atoms with Crippen LogP contribution in [0.25, 0.3) is 0 Å². The van der Waals surface area contributed by atoms with E-state index in [4.69, 9.17) is 5.11 Å². The SMILES string of the molecule is Cc1ccc(N2CCCC(N3CCC(N(C)CC(=O)O)CC3)C2=O)cc1.Cl. The van der Waals surface area contributed by atoms with Gasteiger partial charge in [-0.2, -0.15) is 0 Å². The van der Waals surface area contributed by atoms with Crippen molar-refractivity contribution in [3.05, 3.63) is 29.8 Å². The molecule has 0 radical (unpaired) electrons. The molecule has 6 nitrogen and oxygen atoms in total. The van der Waals surface area contributed by atoms with Gasteiger partial charge in [0, 0.05) is 31.4 Å². The smallest absolute Gasteiger partial charge is 0.317 e. The lowest BCUT2D eigenvalue weighted by molar-refractivity contribution is -0.138. The number of aryl methyl sites for hydroxylation is 1. The molecule has 2 fully saturated rings. The van der Waals surface area contributed by atoms with Gasteiger partial charge in [-0.1, -0.05) is 17.7 Å². The van der Waals surface area contributed by atoms with Crippen LogP contribution in [0.4, 0.5) is 5.69 Å². The van der Waals surface area contributed by atoms with Gasteiger partial charge in [0.1, 0.15) is 0 Å². The third kappa shape index (κ3) is 5.21. The number of benzene rings is 1. The average Bonchev–Trinajstić information content (AvgIpc) is 2.62. The molecule has 2 heterocycles. The van der Waals surface area contributed by atoms with E-state index in [1.54, 1.807) is 0 Å². The van der Waals surface area contributed by atoms with Crippen molar-refractivity contribution in [1.82, 2.24) is 9.80 Å². The van der Waals surface area contributed by atoms with E-state index >= 15 is 0 Å². The predicted molar refractivity (Wildman–Crippen MR) is 109 cm³/mol. The van der Waals surface area contributed by atoms with Crippen molar-refractivity contribution in [2.24, 2.45) is 0 Å². The van der Waals surface area contributed by atoms with E-state index in [1.807, 2.05) is 29.0 Å². The topological polar surface area (TPSA) is 64.1 Å². The predicted octanol–water partition coefficient (Wildman–Crippen LogP) is 2.39. The number of anilines is 1. The number of nitrogens with zero attached hydrogens (tertiary/aromatic N) is 3. The second-order valence-electron chi connectivity index (χ2n) is 7.56. The molecule has 1 atom stereocenters. The summed E-state index contributed by atoms with van der Waals surface area (Å²) >= 11 is 0. The molecule has 1 amide bonds. The molecule has 0 saturated carbocycles. The summed E-state index contributed by atoms with van der Waals surface area (Å²) in [6.07, 6.45) is 3.76. The van der Waals surface area contributed by atoms with E-state index in [-0.39, 0.29) is 36.9 Å². The van der Waals surface area contributed by atoms with Gasteiger partial charge in [0.25, 0.3) is 0 Å². The Labute approximate surface area is 167 Å². The summed E-state index contributed by atoms with van der Waals surface area (Å²) in [4.78, 5) is 30.1. The largest absolute Gasteiger partial charge is 0.480 e. The zero-order valence-corrected chi connectivity index (χ0v) is 17.0. The number of carbonyl (C=O) groups excluding carboxylic acids is 1. The fourth-order valence-electron chi connectivity index (χ4n) is 4.16. The number of hydrogen-bond donors (Lipinski definition) is 1. The number of amides is 1. The number of halogens is 1. The summed E-state index contributed by atoms with van der Waals surface area (Å²) in [7, 11) is 1.87. The van der Waals surface area contributed by atoms with Crippen LogP contribution in [0.2, 0.25) is 0 Å². The molecular formula is C20H30ClN3O3. The monoisotopic (exact) mass is 395 g/mol. The minimum Gasteiger partial charge on any atom is -0.480 e. The molecule has 0 aromatic heterocycles. The molecule has 1 aromatic rings. The van der Waals surface area contributed by atoms with Crippen LogP contribution in [0, 0.1) is 6.92 Å². The number of aliphatic carboxylic acids is 1. The van der Waals surface area contributed by atoms with Gasteiger partial charge < -0.3 is 10.0 Å². The molecule has 0 spiro atoms. The molecule has 7 heteroatoms. The normalized spacial score (nSPS) is 22.0. The lowest BCUT2D eigenvalue weighted by atomic mass is 9.97. The molecule has 2 aliphatic rings. The highest BCUT2D eigenvalue weighted by molar-refractivity contribution is 5.97. The van der Waals surface area contributed by atoms with Crippen molar-refractivity contribution in [2.75, 3.05) is 38.1 Å². The summed E-state index contributed by atoms with van der Waals surface area (Å²) in [5.41, 5.74) is 2.18. The van der Waals surface area contributed by atoms with E-state index in [2.05, 4.69) is 24.0 Å². The Hall–Kier alpha value is -1.63. The molecule has 0 bridgehead atoms. The highest BCUT2D eigenvalue weighted by Crippen LogP contribution is 2.26. The van der Waals surface area contributed by atoms with Crippen LogP contribution in [0.5, 0.6) is 0 Å². The molecular weight excluding hydrogens is 366 g/mol. The van der Waals surface area contributed by atoms with Gasteiger partial charge in [0.2, 0.25) is 5.91 Å². The minimum atomic E-state index is -0.786. The summed E-state index contributed by atoms with van der Waals surface area (Å²) in [5, 5.41) is 8.96. The average molecular weight is 396 g/mol. The van der Waals surface area contributed by atoms with Gasteiger partial charge in [0.15, 0.2) is 0 Å².